The van der Waals surface area contributed by atoms with E-state index in [2.05, 4.69) is 5.32 Å². The van der Waals surface area contributed by atoms with Crippen molar-refractivity contribution in [3.05, 3.63) is 0 Å². The maximum atomic E-state index is 11.2. The Kier molecular flexibility index (Phi) is 3.52. The molecule has 1 saturated heterocycles. The molecule has 0 radical (unpaired) electrons. The van der Waals surface area contributed by atoms with Crippen molar-refractivity contribution in [2.24, 2.45) is 5.92 Å². The molecule has 1 rings (SSSR count). The average molecular weight is 157 g/mol. The second-order valence-electron chi connectivity index (χ2n) is 2.92. The molecule has 0 aliphatic carbocycles. The average Bonchev–Trinajstić information content (AvgIpc) is 1.84. The number of nitrogens with one attached hydrogen (secondary N) is 1. The van der Waals surface area contributed by atoms with E-state index in [-0.39, 0.29) is 0 Å². The zero-order chi connectivity index (χ0) is 8.10. The van der Waals surface area contributed by atoms with Gasteiger partial charge in [-0.05, 0) is 6.42 Å². The zero-order valence-electron chi connectivity index (χ0n) is 6.93. The topological polar surface area (TPSA) is 38.3 Å². The van der Waals surface area contributed by atoms with E-state index in [1.807, 2.05) is 0 Å². The van der Waals surface area contributed by atoms with Crippen LogP contribution in [0.5, 0.6) is 0 Å². The summed E-state index contributed by atoms with van der Waals surface area (Å²) >= 11 is 0. The van der Waals surface area contributed by atoms with Crippen molar-refractivity contribution in [3.63, 3.8) is 0 Å². The molecule has 1 N–H and O–H groups in total. The number of methoxy groups -OCH3 is 1. The summed E-state index contributed by atoms with van der Waals surface area (Å²) in [5, 5.41) is 3.08. The van der Waals surface area contributed by atoms with Gasteiger partial charge in [-0.3, -0.25) is 4.79 Å². The summed E-state index contributed by atoms with van der Waals surface area (Å²) in [4.78, 5) is 11.2. The molecule has 11 heavy (non-hydrogen) atoms. The molecule has 0 amide bonds. The van der Waals surface area contributed by atoms with Gasteiger partial charge in [0.2, 0.25) is 0 Å². The van der Waals surface area contributed by atoms with Gasteiger partial charge < -0.3 is 10.1 Å². The van der Waals surface area contributed by atoms with Gasteiger partial charge in [0, 0.05) is 39.1 Å². The molecule has 3 nitrogen and oxygen atoms in total. The van der Waals surface area contributed by atoms with E-state index in [4.69, 9.17) is 4.74 Å². The third-order valence-electron chi connectivity index (χ3n) is 2.01. The molecule has 0 aromatic heterocycles. The van der Waals surface area contributed by atoms with Crippen LogP contribution in [0.1, 0.15) is 12.8 Å². The minimum Gasteiger partial charge on any atom is -0.385 e. The lowest BCUT2D eigenvalue weighted by Crippen LogP contribution is -2.46. The molecule has 1 aliphatic rings. The number of hydrogen-bond acceptors (Lipinski definition) is 3. The van der Waals surface area contributed by atoms with Gasteiger partial charge in [0.1, 0.15) is 5.78 Å². The van der Waals surface area contributed by atoms with Crippen LogP contribution < -0.4 is 5.32 Å². The summed E-state index contributed by atoms with van der Waals surface area (Å²) in [6.45, 7) is 2.46. The SMILES string of the molecule is COCCCC(=O)C1CNC1. The number of ether oxygens (including phenoxy) is 1. The van der Waals surface area contributed by atoms with Crippen molar-refractivity contribution in [2.45, 2.75) is 12.8 Å². The molecule has 0 aromatic rings. The largest absolute Gasteiger partial charge is 0.385 e. The van der Waals surface area contributed by atoms with Crippen molar-refractivity contribution >= 4 is 5.78 Å². The zero-order valence-corrected chi connectivity index (χ0v) is 6.93. The minimum absolute atomic E-state index is 0.298. The summed E-state index contributed by atoms with van der Waals surface area (Å²) in [6, 6.07) is 0. The lowest BCUT2D eigenvalue weighted by molar-refractivity contribution is -0.124. The van der Waals surface area contributed by atoms with Gasteiger partial charge in [0.15, 0.2) is 0 Å². The van der Waals surface area contributed by atoms with Gasteiger partial charge >= 0.3 is 0 Å². The third-order valence-corrected chi connectivity index (χ3v) is 2.01. The van der Waals surface area contributed by atoms with Crippen LogP contribution in [-0.2, 0) is 9.53 Å². The second-order valence-corrected chi connectivity index (χ2v) is 2.92. The Hall–Kier alpha value is -0.410. The highest BCUT2D eigenvalue weighted by atomic mass is 16.5. The smallest absolute Gasteiger partial charge is 0.138 e. The second kappa shape index (κ2) is 4.46. The van der Waals surface area contributed by atoms with Crippen LogP contribution in [0.3, 0.4) is 0 Å². The highest BCUT2D eigenvalue weighted by Crippen LogP contribution is 2.08. The lowest BCUT2D eigenvalue weighted by Gasteiger charge is -2.25. The molecule has 0 atom stereocenters. The fourth-order valence-electron chi connectivity index (χ4n) is 1.11. The Morgan fingerprint density at radius 1 is 1.64 bits per heavy atom. The molecule has 0 spiro atoms. The number of carbonyl (C=O) groups excluding carboxylic acids is 1. The number of rotatable bonds is 5. The first-order valence-corrected chi connectivity index (χ1v) is 4.07. The van der Waals surface area contributed by atoms with Crippen LogP contribution in [0, 0.1) is 5.92 Å². The first kappa shape index (κ1) is 8.68. The summed E-state index contributed by atoms with van der Waals surface area (Å²) < 4.78 is 4.86. The molecular formula is C8H15NO2. The van der Waals surface area contributed by atoms with E-state index in [1.54, 1.807) is 7.11 Å². The maximum Gasteiger partial charge on any atom is 0.138 e. The molecule has 1 fully saturated rings. The Morgan fingerprint density at radius 2 is 2.36 bits per heavy atom. The molecule has 3 heteroatoms. The summed E-state index contributed by atoms with van der Waals surface area (Å²) in [6.07, 6.45) is 1.55. The van der Waals surface area contributed by atoms with Crippen molar-refractivity contribution in [1.82, 2.24) is 5.32 Å². The highest BCUT2D eigenvalue weighted by molar-refractivity contribution is 5.82. The van der Waals surface area contributed by atoms with Crippen LogP contribution in [-0.4, -0.2) is 32.6 Å². The van der Waals surface area contributed by atoms with Gasteiger partial charge in [0.25, 0.3) is 0 Å². The molecule has 1 aliphatic heterocycles. The Balaban J connectivity index is 2.01. The number of hydrogen-bond donors (Lipinski definition) is 1. The fourth-order valence-corrected chi connectivity index (χ4v) is 1.11. The van der Waals surface area contributed by atoms with Gasteiger partial charge in [-0.1, -0.05) is 0 Å². The Morgan fingerprint density at radius 3 is 2.82 bits per heavy atom. The molecule has 64 valence electrons. The van der Waals surface area contributed by atoms with E-state index in [0.717, 1.165) is 19.5 Å². The Bertz CT molecular complexity index is 132. The molecule has 0 bridgehead atoms. The fraction of sp³-hybridized carbons (Fsp3) is 0.875. The van der Waals surface area contributed by atoms with Crippen LogP contribution in [0.2, 0.25) is 0 Å². The third kappa shape index (κ3) is 2.60. The van der Waals surface area contributed by atoms with E-state index >= 15 is 0 Å². The number of carbonyl (C=O) groups is 1. The lowest BCUT2D eigenvalue weighted by atomic mass is 9.95. The van der Waals surface area contributed by atoms with E-state index in [9.17, 15) is 4.79 Å². The predicted octanol–water partition coefficient (Wildman–Crippen LogP) is 0.202. The van der Waals surface area contributed by atoms with Crippen molar-refractivity contribution < 1.29 is 9.53 Å². The highest BCUT2D eigenvalue weighted by Gasteiger charge is 2.23. The molecular weight excluding hydrogens is 142 g/mol. The van der Waals surface area contributed by atoms with Crippen LogP contribution in [0.15, 0.2) is 0 Å². The van der Waals surface area contributed by atoms with Crippen molar-refractivity contribution in [2.75, 3.05) is 26.8 Å². The van der Waals surface area contributed by atoms with E-state index in [1.165, 1.54) is 0 Å². The number of ketones is 1. The maximum absolute atomic E-state index is 11.2. The van der Waals surface area contributed by atoms with Crippen molar-refractivity contribution in [3.8, 4) is 0 Å². The summed E-state index contributed by atoms with van der Waals surface area (Å²) in [5.41, 5.74) is 0. The van der Waals surface area contributed by atoms with Crippen LogP contribution in [0.25, 0.3) is 0 Å². The monoisotopic (exact) mass is 157 g/mol. The van der Waals surface area contributed by atoms with Gasteiger partial charge in [-0.15, -0.1) is 0 Å². The van der Waals surface area contributed by atoms with Gasteiger partial charge in [0.05, 0.1) is 0 Å². The molecule has 0 unspecified atom stereocenters. The predicted molar refractivity (Wildman–Crippen MR) is 42.5 cm³/mol. The quantitative estimate of drug-likeness (QED) is 0.579. The van der Waals surface area contributed by atoms with Crippen molar-refractivity contribution in [1.29, 1.82) is 0 Å². The number of Topliss-reactive ketones (excluding diaryl/α,β-unsaturated/α-hetero) is 1. The standard InChI is InChI=1S/C8H15NO2/c1-11-4-2-3-8(10)7-5-9-6-7/h7,9H,2-6H2,1H3. The first-order valence-electron chi connectivity index (χ1n) is 4.07. The van der Waals surface area contributed by atoms with E-state index in [0.29, 0.717) is 24.7 Å². The first-order chi connectivity index (χ1) is 5.34. The molecule has 1 heterocycles. The van der Waals surface area contributed by atoms with Crippen LogP contribution >= 0.6 is 0 Å². The normalized spacial score (nSPS) is 17.9. The molecule has 0 saturated carbocycles. The summed E-state index contributed by atoms with van der Waals surface area (Å²) in [7, 11) is 1.66. The van der Waals surface area contributed by atoms with Gasteiger partial charge in [-0.25, -0.2) is 0 Å². The van der Waals surface area contributed by atoms with E-state index < -0.39 is 0 Å². The minimum atomic E-state index is 0.298. The summed E-state index contributed by atoms with van der Waals surface area (Å²) in [5.74, 6) is 0.688. The van der Waals surface area contributed by atoms with Crippen LogP contribution in [0.4, 0.5) is 0 Å². The van der Waals surface area contributed by atoms with Gasteiger partial charge in [-0.2, -0.15) is 0 Å². The molecule has 0 aromatic carbocycles. The Labute approximate surface area is 67.1 Å².